The monoisotopic (exact) mass is 287 g/mol. The first-order chi connectivity index (χ1) is 9.70. The van der Waals surface area contributed by atoms with E-state index in [1.165, 1.54) is 16.3 Å². The maximum atomic E-state index is 4.58. The van der Waals surface area contributed by atoms with Crippen LogP contribution in [0, 0.1) is 13.8 Å². The molecule has 0 N–H and O–H groups in total. The molecular formula is C16H21N3S. The Labute approximate surface area is 124 Å². The molecular weight excluding hydrogens is 266 g/mol. The van der Waals surface area contributed by atoms with Crippen molar-refractivity contribution in [3.63, 3.8) is 0 Å². The minimum Gasteiger partial charge on any atom is -0.346 e. The number of aromatic nitrogens is 1. The highest BCUT2D eigenvalue weighted by Crippen LogP contribution is 2.21. The van der Waals surface area contributed by atoms with Crippen LogP contribution < -0.4 is 4.90 Å². The summed E-state index contributed by atoms with van der Waals surface area (Å²) in [4.78, 5) is 9.52. The standard InChI is InChI=1S/C16H21N3S/c1-13-4-3-5-15(10-13)11-18-6-8-19(9-7-18)16-17-14(2)12-20-16/h3-5,10,12H,6-9,11H2,1-2H3. The predicted octanol–water partition coefficient (Wildman–Crippen LogP) is 3.08. The van der Waals surface area contributed by atoms with Gasteiger partial charge in [-0.3, -0.25) is 4.90 Å². The van der Waals surface area contributed by atoms with Gasteiger partial charge >= 0.3 is 0 Å². The molecule has 0 bridgehead atoms. The number of thiazole rings is 1. The summed E-state index contributed by atoms with van der Waals surface area (Å²) < 4.78 is 0. The highest BCUT2D eigenvalue weighted by atomic mass is 32.1. The summed E-state index contributed by atoms with van der Waals surface area (Å²) in [5, 5.41) is 3.31. The number of benzene rings is 1. The molecule has 0 amide bonds. The van der Waals surface area contributed by atoms with E-state index in [1.807, 2.05) is 0 Å². The van der Waals surface area contributed by atoms with Crippen molar-refractivity contribution in [1.29, 1.82) is 0 Å². The second kappa shape index (κ2) is 5.94. The van der Waals surface area contributed by atoms with Crippen molar-refractivity contribution in [1.82, 2.24) is 9.88 Å². The molecule has 3 rings (SSSR count). The lowest BCUT2D eigenvalue weighted by molar-refractivity contribution is 0.250. The van der Waals surface area contributed by atoms with Gasteiger partial charge in [-0.15, -0.1) is 11.3 Å². The number of rotatable bonds is 3. The molecule has 1 aromatic heterocycles. The quantitative estimate of drug-likeness (QED) is 0.865. The summed E-state index contributed by atoms with van der Waals surface area (Å²) in [6, 6.07) is 8.83. The van der Waals surface area contributed by atoms with Crippen LogP contribution in [0.1, 0.15) is 16.8 Å². The SMILES string of the molecule is Cc1cccc(CN2CCN(c3nc(C)cs3)CC2)c1. The van der Waals surface area contributed by atoms with E-state index in [4.69, 9.17) is 0 Å². The normalized spacial score (nSPS) is 16.6. The van der Waals surface area contributed by atoms with Gasteiger partial charge < -0.3 is 4.90 Å². The minimum atomic E-state index is 1.06. The summed E-state index contributed by atoms with van der Waals surface area (Å²) in [5.41, 5.74) is 3.90. The topological polar surface area (TPSA) is 19.4 Å². The van der Waals surface area contributed by atoms with Gasteiger partial charge in [-0.05, 0) is 19.4 Å². The zero-order valence-electron chi connectivity index (χ0n) is 12.2. The molecule has 106 valence electrons. The van der Waals surface area contributed by atoms with Gasteiger partial charge in [0.15, 0.2) is 5.13 Å². The summed E-state index contributed by atoms with van der Waals surface area (Å²) in [5.74, 6) is 0. The molecule has 2 heterocycles. The number of hydrogen-bond donors (Lipinski definition) is 0. The third-order valence-corrected chi connectivity index (χ3v) is 4.76. The van der Waals surface area contributed by atoms with Crippen LogP contribution in [0.25, 0.3) is 0 Å². The maximum Gasteiger partial charge on any atom is 0.185 e. The van der Waals surface area contributed by atoms with Gasteiger partial charge in [0.1, 0.15) is 0 Å². The van der Waals surface area contributed by atoms with Gasteiger partial charge in [0, 0.05) is 38.1 Å². The van der Waals surface area contributed by atoms with Crippen molar-refractivity contribution >= 4 is 16.5 Å². The van der Waals surface area contributed by atoms with Crippen LogP contribution in [0.5, 0.6) is 0 Å². The van der Waals surface area contributed by atoms with E-state index in [-0.39, 0.29) is 0 Å². The third kappa shape index (κ3) is 3.19. The van der Waals surface area contributed by atoms with E-state index < -0.39 is 0 Å². The molecule has 0 spiro atoms. The van der Waals surface area contributed by atoms with Crippen molar-refractivity contribution in [3.8, 4) is 0 Å². The van der Waals surface area contributed by atoms with Crippen LogP contribution in [-0.2, 0) is 6.54 Å². The van der Waals surface area contributed by atoms with E-state index in [0.717, 1.165) is 38.4 Å². The molecule has 1 aromatic carbocycles. The second-order valence-corrected chi connectivity index (χ2v) is 6.36. The van der Waals surface area contributed by atoms with Crippen LogP contribution in [0.4, 0.5) is 5.13 Å². The van der Waals surface area contributed by atoms with E-state index in [2.05, 4.69) is 58.3 Å². The zero-order chi connectivity index (χ0) is 13.9. The molecule has 0 radical (unpaired) electrons. The first-order valence-corrected chi connectivity index (χ1v) is 8.04. The van der Waals surface area contributed by atoms with Crippen molar-refractivity contribution in [2.75, 3.05) is 31.1 Å². The Balaban J connectivity index is 1.56. The van der Waals surface area contributed by atoms with Gasteiger partial charge in [-0.2, -0.15) is 0 Å². The Morgan fingerprint density at radius 2 is 1.95 bits per heavy atom. The van der Waals surface area contributed by atoms with Crippen molar-refractivity contribution in [2.45, 2.75) is 20.4 Å². The number of anilines is 1. The van der Waals surface area contributed by atoms with Crippen LogP contribution in [0.15, 0.2) is 29.6 Å². The van der Waals surface area contributed by atoms with Gasteiger partial charge in [0.25, 0.3) is 0 Å². The molecule has 1 aliphatic heterocycles. The molecule has 0 aliphatic carbocycles. The van der Waals surface area contributed by atoms with Crippen LogP contribution in [0.3, 0.4) is 0 Å². The number of piperazine rings is 1. The molecule has 0 saturated carbocycles. The molecule has 3 nitrogen and oxygen atoms in total. The fourth-order valence-electron chi connectivity index (χ4n) is 2.65. The Morgan fingerprint density at radius 3 is 2.60 bits per heavy atom. The molecule has 4 heteroatoms. The molecule has 0 atom stereocenters. The first-order valence-electron chi connectivity index (χ1n) is 7.16. The van der Waals surface area contributed by atoms with Gasteiger partial charge in [-0.25, -0.2) is 4.98 Å². The Kier molecular flexibility index (Phi) is 4.03. The molecule has 1 aliphatic rings. The number of aryl methyl sites for hydroxylation is 2. The van der Waals surface area contributed by atoms with Crippen LogP contribution in [-0.4, -0.2) is 36.1 Å². The smallest absolute Gasteiger partial charge is 0.185 e. The average Bonchev–Trinajstić information content (AvgIpc) is 2.86. The highest BCUT2D eigenvalue weighted by molar-refractivity contribution is 7.13. The Hall–Kier alpha value is -1.39. The van der Waals surface area contributed by atoms with Crippen molar-refractivity contribution < 1.29 is 0 Å². The lowest BCUT2D eigenvalue weighted by atomic mass is 10.1. The largest absolute Gasteiger partial charge is 0.346 e. The summed E-state index contributed by atoms with van der Waals surface area (Å²) in [7, 11) is 0. The average molecular weight is 287 g/mol. The molecule has 20 heavy (non-hydrogen) atoms. The number of hydrogen-bond acceptors (Lipinski definition) is 4. The number of nitrogens with zero attached hydrogens (tertiary/aromatic N) is 3. The fraction of sp³-hybridized carbons (Fsp3) is 0.438. The Morgan fingerprint density at radius 1 is 1.15 bits per heavy atom. The molecule has 1 fully saturated rings. The van der Waals surface area contributed by atoms with Gasteiger partial charge in [0.05, 0.1) is 5.69 Å². The molecule has 0 unspecified atom stereocenters. The zero-order valence-corrected chi connectivity index (χ0v) is 13.0. The van der Waals surface area contributed by atoms with Crippen molar-refractivity contribution in [3.05, 3.63) is 46.5 Å². The van der Waals surface area contributed by atoms with Gasteiger partial charge in [-0.1, -0.05) is 29.8 Å². The Bertz CT molecular complexity index is 571. The predicted molar refractivity (Wildman–Crippen MR) is 85.5 cm³/mol. The molecule has 1 saturated heterocycles. The maximum absolute atomic E-state index is 4.58. The van der Waals surface area contributed by atoms with E-state index in [9.17, 15) is 0 Å². The lowest BCUT2D eigenvalue weighted by Crippen LogP contribution is -2.45. The van der Waals surface area contributed by atoms with Crippen LogP contribution in [0.2, 0.25) is 0 Å². The van der Waals surface area contributed by atoms with Gasteiger partial charge in [0.2, 0.25) is 0 Å². The van der Waals surface area contributed by atoms with E-state index in [0.29, 0.717) is 0 Å². The van der Waals surface area contributed by atoms with E-state index >= 15 is 0 Å². The summed E-state index contributed by atoms with van der Waals surface area (Å²) in [6.45, 7) is 9.68. The highest BCUT2D eigenvalue weighted by Gasteiger charge is 2.19. The summed E-state index contributed by atoms with van der Waals surface area (Å²) >= 11 is 1.76. The lowest BCUT2D eigenvalue weighted by Gasteiger charge is -2.34. The minimum absolute atomic E-state index is 1.06. The van der Waals surface area contributed by atoms with E-state index in [1.54, 1.807) is 11.3 Å². The van der Waals surface area contributed by atoms with Crippen molar-refractivity contribution in [2.24, 2.45) is 0 Å². The second-order valence-electron chi connectivity index (χ2n) is 5.52. The summed E-state index contributed by atoms with van der Waals surface area (Å²) in [6.07, 6.45) is 0. The first kappa shape index (κ1) is 13.6. The van der Waals surface area contributed by atoms with Crippen LogP contribution >= 0.6 is 11.3 Å². The third-order valence-electron chi connectivity index (χ3n) is 3.74. The molecule has 2 aromatic rings. The fourth-order valence-corrected chi connectivity index (χ4v) is 3.51.